The van der Waals surface area contributed by atoms with Crippen LogP contribution in [-0.2, 0) is 6.42 Å². The number of hydrogen-bond acceptors (Lipinski definition) is 3. The standard InChI is InChI=1S/C25H29N3O/c26-19-22-8-10-23(11-9-22)24(29)28-18-14-25(20-28)12-16-27(17-13-25)15-4-7-21-5-2-1-3-6-21/h1-3,5-6,8-11H,4,7,12-18,20H2. The Balaban J connectivity index is 1.25. The Bertz CT molecular complexity index is 861. The van der Waals surface area contributed by atoms with Crippen molar-refractivity contribution in [2.24, 2.45) is 5.41 Å². The lowest BCUT2D eigenvalue weighted by Crippen LogP contribution is -2.42. The van der Waals surface area contributed by atoms with Gasteiger partial charge in [-0.15, -0.1) is 0 Å². The molecule has 4 heteroatoms. The van der Waals surface area contributed by atoms with Crippen LogP contribution in [0.3, 0.4) is 0 Å². The van der Waals surface area contributed by atoms with Crippen molar-refractivity contribution < 1.29 is 4.79 Å². The molecule has 29 heavy (non-hydrogen) atoms. The quantitative estimate of drug-likeness (QED) is 0.775. The molecule has 0 saturated carbocycles. The lowest BCUT2D eigenvalue weighted by atomic mass is 9.77. The predicted molar refractivity (Wildman–Crippen MR) is 115 cm³/mol. The first-order chi connectivity index (χ1) is 14.2. The molecular formula is C25H29N3O. The Morgan fingerprint density at radius 2 is 1.66 bits per heavy atom. The number of likely N-dealkylation sites (tertiary alicyclic amines) is 2. The van der Waals surface area contributed by atoms with Gasteiger partial charge in [0.2, 0.25) is 0 Å². The number of aryl methyl sites for hydroxylation is 1. The Morgan fingerprint density at radius 1 is 0.966 bits per heavy atom. The van der Waals surface area contributed by atoms with Gasteiger partial charge in [0.15, 0.2) is 0 Å². The van der Waals surface area contributed by atoms with E-state index in [0.717, 1.165) is 39.0 Å². The Hall–Kier alpha value is -2.64. The second-order valence-corrected chi connectivity index (χ2v) is 8.60. The number of carbonyl (C=O) groups is 1. The monoisotopic (exact) mass is 387 g/mol. The number of nitriles is 1. The van der Waals surface area contributed by atoms with Gasteiger partial charge in [-0.3, -0.25) is 4.79 Å². The van der Waals surface area contributed by atoms with Crippen LogP contribution in [0.15, 0.2) is 54.6 Å². The van der Waals surface area contributed by atoms with Gasteiger partial charge < -0.3 is 9.80 Å². The maximum absolute atomic E-state index is 12.8. The summed E-state index contributed by atoms with van der Waals surface area (Å²) in [5, 5.41) is 8.93. The van der Waals surface area contributed by atoms with Crippen molar-refractivity contribution in [3.8, 4) is 6.07 Å². The first kappa shape index (κ1) is 19.7. The van der Waals surface area contributed by atoms with Crippen molar-refractivity contribution in [3.63, 3.8) is 0 Å². The first-order valence-electron chi connectivity index (χ1n) is 10.7. The van der Waals surface area contributed by atoms with Crippen molar-refractivity contribution in [2.75, 3.05) is 32.7 Å². The Kier molecular flexibility index (Phi) is 5.97. The smallest absolute Gasteiger partial charge is 0.253 e. The van der Waals surface area contributed by atoms with Crippen LogP contribution in [0.2, 0.25) is 0 Å². The van der Waals surface area contributed by atoms with Crippen molar-refractivity contribution in [2.45, 2.75) is 32.1 Å². The van der Waals surface area contributed by atoms with E-state index in [-0.39, 0.29) is 5.91 Å². The fourth-order valence-electron chi connectivity index (χ4n) is 4.79. The summed E-state index contributed by atoms with van der Waals surface area (Å²) in [7, 11) is 0. The molecule has 150 valence electrons. The summed E-state index contributed by atoms with van der Waals surface area (Å²) < 4.78 is 0. The predicted octanol–water partition coefficient (Wildman–Crippen LogP) is 4.12. The second-order valence-electron chi connectivity index (χ2n) is 8.60. The third-order valence-corrected chi connectivity index (χ3v) is 6.69. The molecule has 2 aromatic carbocycles. The molecule has 2 aromatic rings. The highest BCUT2D eigenvalue weighted by molar-refractivity contribution is 5.94. The molecule has 0 aromatic heterocycles. The molecule has 0 aliphatic carbocycles. The van der Waals surface area contributed by atoms with Crippen LogP contribution in [0.1, 0.15) is 47.2 Å². The molecule has 1 amide bonds. The zero-order valence-corrected chi connectivity index (χ0v) is 17.0. The average molecular weight is 388 g/mol. The topological polar surface area (TPSA) is 47.3 Å². The molecule has 0 atom stereocenters. The normalized spacial score (nSPS) is 18.7. The molecule has 2 fully saturated rings. The van der Waals surface area contributed by atoms with Gasteiger partial charge in [-0.25, -0.2) is 0 Å². The van der Waals surface area contributed by atoms with E-state index in [9.17, 15) is 4.79 Å². The molecular weight excluding hydrogens is 358 g/mol. The minimum absolute atomic E-state index is 0.108. The number of benzene rings is 2. The van der Waals surface area contributed by atoms with Crippen LogP contribution in [0.5, 0.6) is 0 Å². The van der Waals surface area contributed by atoms with E-state index in [2.05, 4.69) is 41.3 Å². The van der Waals surface area contributed by atoms with E-state index in [1.54, 1.807) is 24.3 Å². The highest BCUT2D eigenvalue weighted by Crippen LogP contribution is 2.40. The molecule has 2 aliphatic rings. The van der Waals surface area contributed by atoms with Gasteiger partial charge >= 0.3 is 0 Å². The van der Waals surface area contributed by atoms with E-state index in [1.807, 2.05) is 4.90 Å². The molecule has 0 radical (unpaired) electrons. The summed E-state index contributed by atoms with van der Waals surface area (Å²) in [6, 6.07) is 19.9. The van der Waals surface area contributed by atoms with Crippen LogP contribution in [0, 0.1) is 16.7 Å². The molecule has 1 spiro atoms. The fraction of sp³-hybridized carbons (Fsp3) is 0.440. The second kappa shape index (κ2) is 8.80. The van der Waals surface area contributed by atoms with Gasteiger partial charge in [0.1, 0.15) is 0 Å². The van der Waals surface area contributed by atoms with Crippen LogP contribution in [0.25, 0.3) is 0 Å². The SMILES string of the molecule is N#Cc1ccc(C(=O)N2CCC3(CCN(CCCc4ccccc4)CC3)C2)cc1. The summed E-state index contributed by atoms with van der Waals surface area (Å²) >= 11 is 0. The number of rotatable bonds is 5. The van der Waals surface area contributed by atoms with Gasteiger partial charge in [-0.05, 0) is 87.0 Å². The van der Waals surface area contributed by atoms with Crippen LogP contribution < -0.4 is 0 Å². The summed E-state index contributed by atoms with van der Waals surface area (Å²) in [5.41, 5.74) is 3.02. The van der Waals surface area contributed by atoms with E-state index in [0.29, 0.717) is 16.5 Å². The minimum Gasteiger partial charge on any atom is -0.338 e. The average Bonchev–Trinajstić information content (AvgIpc) is 3.19. The molecule has 2 saturated heterocycles. The van der Waals surface area contributed by atoms with E-state index in [4.69, 9.17) is 5.26 Å². The van der Waals surface area contributed by atoms with E-state index >= 15 is 0 Å². The Labute approximate surface area is 173 Å². The molecule has 0 N–H and O–H groups in total. The lowest BCUT2D eigenvalue weighted by molar-refractivity contribution is 0.0719. The summed E-state index contributed by atoms with van der Waals surface area (Å²) in [5.74, 6) is 0.108. The van der Waals surface area contributed by atoms with Gasteiger partial charge in [-0.2, -0.15) is 5.26 Å². The fourth-order valence-corrected chi connectivity index (χ4v) is 4.79. The third kappa shape index (κ3) is 4.68. The highest BCUT2D eigenvalue weighted by atomic mass is 16.2. The zero-order chi connectivity index (χ0) is 20.1. The maximum Gasteiger partial charge on any atom is 0.253 e. The van der Waals surface area contributed by atoms with Crippen molar-refractivity contribution >= 4 is 5.91 Å². The number of nitrogens with zero attached hydrogens (tertiary/aromatic N) is 3. The molecule has 2 heterocycles. The van der Waals surface area contributed by atoms with Crippen LogP contribution in [0.4, 0.5) is 0 Å². The summed E-state index contributed by atoms with van der Waals surface area (Å²) in [6.45, 7) is 5.19. The molecule has 0 unspecified atom stereocenters. The number of piperidine rings is 1. The van der Waals surface area contributed by atoms with E-state index in [1.165, 1.54) is 31.4 Å². The largest absolute Gasteiger partial charge is 0.338 e. The van der Waals surface area contributed by atoms with Crippen molar-refractivity contribution in [1.82, 2.24) is 9.80 Å². The number of amides is 1. The van der Waals surface area contributed by atoms with E-state index < -0.39 is 0 Å². The molecule has 0 bridgehead atoms. The van der Waals surface area contributed by atoms with Gasteiger partial charge in [-0.1, -0.05) is 30.3 Å². The summed E-state index contributed by atoms with van der Waals surface area (Å²) in [6.07, 6.45) is 5.85. The van der Waals surface area contributed by atoms with Crippen LogP contribution in [-0.4, -0.2) is 48.4 Å². The van der Waals surface area contributed by atoms with Crippen molar-refractivity contribution in [3.05, 3.63) is 71.3 Å². The van der Waals surface area contributed by atoms with Gasteiger partial charge in [0.05, 0.1) is 11.6 Å². The molecule has 4 rings (SSSR count). The molecule has 4 nitrogen and oxygen atoms in total. The van der Waals surface area contributed by atoms with Gasteiger partial charge in [0, 0.05) is 18.7 Å². The first-order valence-corrected chi connectivity index (χ1v) is 10.7. The zero-order valence-electron chi connectivity index (χ0n) is 17.0. The third-order valence-electron chi connectivity index (χ3n) is 6.69. The number of hydrogen-bond donors (Lipinski definition) is 0. The minimum atomic E-state index is 0.108. The van der Waals surface area contributed by atoms with Gasteiger partial charge in [0.25, 0.3) is 5.91 Å². The Morgan fingerprint density at radius 3 is 2.34 bits per heavy atom. The lowest BCUT2D eigenvalue weighted by Gasteiger charge is -2.39. The number of carbonyl (C=O) groups excluding carboxylic acids is 1. The maximum atomic E-state index is 12.8. The molecule has 2 aliphatic heterocycles. The summed E-state index contributed by atoms with van der Waals surface area (Å²) in [4.78, 5) is 17.5. The highest BCUT2D eigenvalue weighted by Gasteiger charge is 2.41. The van der Waals surface area contributed by atoms with Crippen LogP contribution >= 0.6 is 0 Å². The van der Waals surface area contributed by atoms with Crippen molar-refractivity contribution in [1.29, 1.82) is 5.26 Å².